The molecule has 1 aromatic heterocycles. The van der Waals surface area contributed by atoms with Crippen molar-refractivity contribution in [1.82, 2.24) is 15.1 Å². The first-order valence-corrected chi connectivity index (χ1v) is 10.1. The van der Waals surface area contributed by atoms with Crippen molar-refractivity contribution in [1.29, 1.82) is 0 Å². The van der Waals surface area contributed by atoms with E-state index in [-0.39, 0.29) is 54.0 Å². The van der Waals surface area contributed by atoms with Crippen molar-refractivity contribution in [2.24, 2.45) is 0 Å². The van der Waals surface area contributed by atoms with E-state index in [1.165, 1.54) is 18.2 Å². The number of nitrogens with zero attached hydrogens (tertiary/aromatic N) is 2. The Balaban J connectivity index is 1.72. The Hall–Kier alpha value is -3.22. The zero-order valence-corrected chi connectivity index (χ0v) is 18.1. The van der Waals surface area contributed by atoms with Gasteiger partial charge in [0.25, 0.3) is 0 Å². The van der Waals surface area contributed by atoms with Gasteiger partial charge in [0.2, 0.25) is 0 Å². The van der Waals surface area contributed by atoms with Gasteiger partial charge in [-0.2, -0.15) is 18.3 Å². The fourth-order valence-electron chi connectivity index (χ4n) is 2.86. The lowest BCUT2D eigenvalue weighted by molar-refractivity contribution is -0.141. The zero-order chi connectivity index (χ0) is 24.9. The summed E-state index contributed by atoms with van der Waals surface area (Å²) in [6, 6.07) is 7.01. The highest BCUT2D eigenvalue weighted by molar-refractivity contribution is 6.30. The van der Waals surface area contributed by atoms with Crippen molar-refractivity contribution >= 4 is 23.3 Å². The van der Waals surface area contributed by atoms with E-state index >= 15 is 0 Å². The van der Waals surface area contributed by atoms with Crippen LogP contribution in [0.3, 0.4) is 0 Å². The summed E-state index contributed by atoms with van der Waals surface area (Å²) < 4.78 is 73.0. The Morgan fingerprint density at radius 3 is 2.53 bits per heavy atom. The Morgan fingerprint density at radius 1 is 1.12 bits per heavy atom. The van der Waals surface area contributed by atoms with Gasteiger partial charge in [-0.3, -0.25) is 0 Å². The van der Waals surface area contributed by atoms with E-state index in [1.54, 1.807) is 0 Å². The largest absolute Gasteiger partial charge is 0.435 e. The monoisotopic (exact) mass is 504 g/mol. The smallest absolute Gasteiger partial charge is 0.394 e. The van der Waals surface area contributed by atoms with Crippen LogP contribution < -0.4 is 10.6 Å². The third-order valence-corrected chi connectivity index (χ3v) is 4.75. The summed E-state index contributed by atoms with van der Waals surface area (Å²) in [5, 5.41) is 16.6. The summed E-state index contributed by atoms with van der Waals surface area (Å²) >= 11 is 5.72. The summed E-state index contributed by atoms with van der Waals surface area (Å²) in [5.41, 5.74) is -0.921. The lowest BCUT2D eigenvalue weighted by Crippen LogP contribution is -2.29. The van der Waals surface area contributed by atoms with Crippen LogP contribution in [0.2, 0.25) is 5.02 Å². The lowest BCUT2D eigenvalue weighted by atomic mass is 10.2. The van der Waals surface area contributed by atoms with Gasteiger partial charge in [-0.25, -0.2) is 18.3 Å². The van der Waals surface area contributed by atoms with E-state index in [9.17, 15) is 26.7 Å². The minimum Gasteiger partial charge on any atom is -0.394 e. The quantitative estimate of drug-likeness (QED) is 0.308. The number of rotatable bonds is 8. The number of benzene rings is 2. The number of urea groups is 1. The van der Waals surface area contributed by atoms with Crippen LogP contribution in [-0.4, -0.2) is 34.1 Å². The number of ether oxygens (including phenoxy) is 1. The Morgan fingerprint density at radius 2 is 1.88 bits per heavy atom. The highest BCUT2D eigenvalue weighted by atomic mass is 35.5. The summed E-state index contributed by atoms with van der Waals surface area (Å²) in [5.74, 6) is -1.41. The van der Waals surface area contributed by atoms with Crippen LogP contribution in [0, 0.1) is 11.6 Å². The molecule has 3 aromatic rings. The van der Waals surface area contributed by atoms with Gasteiger partial charge < -0.3 is 20.5 Å². The van der Waals surface area contributed by atoms with Gasteiger partial charge in [0.05, 0.1) is 42.8 Å². The Labute approximate surface area is 195 Å². The zero-order valence-electron chi connectivity index (χ0n) is 17.3. The van der Waals surface area contributed by atoms with Crippen LogP contribution in [0.5, 0.6) is 0 Å². The second-order valence-corrected chi connectivity index (χ2v) is 7.33. The first kappa shape index (κ1) is 25.4. The van der Waals surface area contributed by atoms with E-state index in [0.29, 0.717) is 0 Å². The van der Waals surface area contributed by atoms with Crippen LogP contribution in [0.4, 0.5) is 32.4 Å². The number of hydrogen-bond donors (Lipinski definition) is 3. The van der Waals surface area contributed by atoms with Gasteiger partial charge in [0.15, 0.2) is 5.69 Å². The fourth-order valence-corrected chi connectivity index (χ4v) is 3.03. The van der Waals surface area contributed by atoms with Crippen molar-refractivity contribution in [2.75, 3.05) is 18.5 Å². The molecule has 1 heterocycles. The van der Waals surface area contributed by atoms with Crippen molar-refractivity contribution in [3.63, 3.8) is 0 Å². The van der Waals surface area contributed by atoms with Gasteiger partial charge in [0, 0.05) is 11.3 Å². The Kier molecular flexibility index (Phi) is 8.07. The maximum Gasteiger partial charge on any atom is 0.435 e. The number of aliphatic hydroxyl groups is 1. The minimum atomic E-state index is -4.76. The highest BCUT2D eigenvalue weighted by Gasteiger charge is 2.35. The summed E-state index contributed by atoms with van der Waals surface area (Å²) in [4.78, 5) is 12.2. The topological polar surface area (TPSA) is 88.4 Å². The van der Waals surface area contributed by atoms with Crippen LogP contribution in [0.25, 0.3) is 5.69 Å². The third-order valence-electron chi connectivity index (χ3n) is 4.46. The molecule has 2 amide bonds. The van der Waals surface area contributed by atoms with Gasteiger partial charge in [-0.1, -0.05) is 17.7 Å². The molecule has 0 atom stereocenters. The molecule has 13 heteroatoms. The SMILES string of the molecule is O=C(NCc1cc(C(F)(F)F)nn1-c1ccc(F)c(Cl)c1)Nc1ccc(COCCO)c(F)c1. The standard InChI is InChI=1S/C21H18ClF5N4O3/c22-16-8-14(3-4-17(16)23)31-15(9-19(30-31)21(25,26)27)10-28-20(33)29-13-2-1-12(18(24)7-13)11-34-6-5-32/h1-4,7-9,32H,5-6,10-11H2,(H2,28,29,33). The van der Waals surface area contributed by atoms with Crippen LogP contribution in [0.1, 0.15) is 17.0 Å². The second-order valence-electron chi connectivity index (χ2n) is 6.92. The van der Waals surface area contributed by atoms with Crippen molar-refractivity contribution in [2.45, 2.75) is 19.3 Å². The molecule has 3 N–H and O–H groups in total. The number of carbonyl (C=O) groups is 1. The number of aliphatic hydroxyl groups excluding tert-OH is 1. The summed E-state index contributed by atoms with van der Waals surface area (Å²) in [6.45, 7) is -0.630. The molecule has 0 radical (unpaired) electrons. The number of hydrogen-bond acceptors (Lipinski definition) is 4. The normalized spacial score (nSPS) is 11.5. The molecular weight excluding hydrogens is 487 g/mol. The summed E-state index contributed by atoms with van der Waals surface area (Å²) in [7, 11) is 0. The average Bonchev–Trinajstić information content (AvgIpc) is 3.21. The maximum absolute atomic E-state index is 14.1. The lowest BCUT2D eigenvalue weighted by Gasteiger charge is -2.11. The molecule has 0 spiro atoms. The number of alkyl halides is 3. The van der Waals surface area contributed by atoms with E-state index in [4.69, 9.17) is 21.4 Å². The fraction of sp³-hybridized carbons (Fsp3) is 0.238. The molecule has 0 saturated carbocycles. The molecule has 0 aliphatic heterocycles. The molecule has 0 fully saturated rings. The molecule has 3 rings (SSSR count). The van der Waals surface area contributed by atoms with E-state index in [1.807, 2.05) is 0 Å². The molecule has 0 unspecified atom stereocenters. The van der Waals surface area contributed by atoms with Crippen molar-refractivity contribution < 1.29 is 36.6 Å². The van der Waals surface area contributed by atoms with Crippen molar-refractivity contribution in [3.05, 3.63) is 76.1 Å². The minimum absolute atomic E-state index is 0.0403. The van der Waals surface area contributed by atoms with Crippen molar-refractivity contribution in [3.8, 4) is 5.69 Å². The number of nitrogens with one attached hydrogen (secondary N) is 2. The predicted octanol–water partition coefficient (Wildman–Crippen LogP) is 4.65. The highest BCUT2D eigenvalue weighted by Crippen LogP contribution is 2.30. The maximum atomic E-state index is 14.1. The van der Waals surface area contributed by atoms with Gasteiger partial charge >= 0.3 is 12.2 Å². The van der Waals surface area contributed by atoms with Gasteiger partial charge in [0.1, 0.15) is 11.6 Å². The molecule has 0 saturated heterocycles. The Bertz CT molecular complexity index is 1170. The molecular formula is C21H18ClF5N4O3. The van der Waals surface area contributed by atoms with Crippen LogP contribution >= 0.6 is 11.6 Å². The van der Waals surface area contributed by atoms with E-state index in [2.05, 4.69) is 15.7 Å². The number of carbonyl (C=O) groups excluding carboxylic acids is 1. The molecule has 34 heavy (non-hydrogen) atoms. The average molecular weight is 505 g/mol. The third kappa shape index (κ3) is 6.43. The van der Waals surface area contributed by atoms with Gasteiger partial charge in [-0.15, -0.1) is 0 Å². The number of aromatic nitrogens is 2. The molecule has 7 nitrogen and oxygen atoms in total. The van der Waals surface area contributed by atoms with Crippen LogP contribution in [-0.2, 0) is 24.1 Å². The van der Waals surface area contributed by atoms with E-state index in [0.717, 1.165) is 28.9 Å². The molecule has 2 aromatic carbocycles. The molecule has 0 bridgehead atoms. The molecule has 0 aliphatic carbocycles. The molecule has 0 aliphatic rings. The predicted molar refractivity (Wildman–Crippen MR) is 113 cm³/mol. The number of amides is 2. The first-order chi connectivity index (χ1) is 16.1. The second kappa shape index (κ2) is 10.8. The van der Waals surface area contributed by atoms with Crippen LogP contribution in [0.15, 0.2) is 42.5 Å². The number of anilines is 1. The van der Waals surface area contributed by atoms with Gasteiger partial charge in [-0.05, 0) is 36.4 Å². The summed E-state index contributed by atoms with van der Waals surface area (Å²) in [6.07, 6.45) is -4.76. The number of halogens is 6. The van der Waals surface area contributed by atoms with E-state index < -0.39 is 29.5 Å². The first-order valence-electron chi connectivity index (χ1n) is 9.72. The molecule has 182 valence electrons.